The second kappa shape index (κ2) is 7.30. The molecule has 1 saturated heterocycles. The van der Waals surface area contributed by atoms with Gasteiger partial charge in [0.15, 0.2) is 0 Å². The van der Waals surface area contributed by atoms with Crippen LogP contribution >= 0.6 is 11.6 Å². The molecule has 4 nitrogen and oxygen atoms in total. The number of halogens is 1. The predicted octanol–water partition coefficient (Wildman–Crippen LogP) is 2.19. The van der Waals surface area contributed by atoms with E-state index in [1.807, 2.05) is 0 Å². The van der Waals surface area contributed by atoms with E-state index in [9.17, 15) is 4.79 Å². The molecule has 20 heavy (non-hydrogen) atoms. The Bertz CT molecular complexity index is 542. The first-order valence-corrected chi connectivity index (χ1v) is 6.90. The first kappa shape index (κ1) is 14.9. The van der Waals surface area contributed by atoms with Crippen LogP contribution in [0, 0.1) is 11.8 Å². The summed E-state index contributed by atoms with van der Waals surface area (Å²) in [6, 6.07) is 5.11. The number of anilines is 1. The maximum atomic E-state index is 12.0. The van der Waals surface area contributed by atoms with Gasteiger partial charge in [-0.1, -0.05) is 23.4 Å². The van der Waals surface area contributed by atoms with E-state index in [2.05, 4.69) is 17.2 Å². The third kappa shape index (κ3) is 3.97. The molecule has 1 aromatic carbocycles. The Hall–Kier alpha value is -1.54. The van der Waals surface area contributed by atoms with Gasteiger partial charge in [-0.25, -0.2) is 0 Å². The van der Waals surface area contributed by atoms with Crippen LogP contribution in [0.4, 0.5) is 5.69 Å². The van der Waals surface area contributed by atoms with Crippen molar-refractivity contribution in [2.75, 3.05) is 18.5 Å². The van der Waals surface area contributed by atoms with E-state index in [0.717, 1.165) is 12.8 Å². The van der Waals surface area contributed by atoms with Gasteiger partial charge in [0.25, 0.3) is 5.91 Å². The molecule has 0 aliphatic carbocycles. The van der Waals surface area contributed by atoms with Crippen LogP contribution in [0.1, 0.15) is 24.8 Å². The second-order valence-corrected chi connectivity index (χ2v) is 4.89. The molecule has 2 N–H and O–H groups in total. The number of carbonyl (C=O) groups is 1. The van der Waals surface area contributed by atoms with E-state index in [0.29, 0.717) is 29.3 Å². The summed E-state index contributed by atoms with van der Waals surface area (Å²) in [5, 5.41) is 12.1. The minimum atomic E-state index is -0.385. The Labute approximate surface area is 123 Å². The molecule has 2 rings (SSSR count). The lowest BCUT2D eigenvalue weighted by Crippen LogP contribution is -2.27. The Kier molecular flexibility index (Phi) is 5.42. The van der Waals surface area contributed by atoms with Crippen LogP contribution in [0.25, 0.3) is 0 Å². The summed E-state index contributed by atoms with van der Waals surface area (Å²) in [6.45, 7) is 0.632. The van der Waals surface area contributed by atoms with Crippen LogP contribution in [-0.4, -0.2) is 30.3 Å². The molecule has 0 bridgehead atoms. The van der Waals surface area contributed by atoms with Crippen LogP contribution in [0.15, 0.2) is 18.2 Å². The molecule has 0 aromatic heterocycles. The van der Waals surface area contributed by atoms with Gasteiger partial charge in [0.05, 0.1) is 12.3 Å². The zero-order valence-corrected chi connectivity index (χ0v) is 11.7. The quantitative estimate of drug-likeness (QED) is 0.840. The maximum absolute atomic E-state index is 12.0. The molecule has 1 fully saturated rings. The number of benzene rings is 1. The molecule has 5 heteroatoms. The van der Waals surface area contributed by atoms with Gasteiger partial charge in [-0.05, 0) is 31.0 Å². The second-order valence-electron chi connectivity index (χ2n) is 4.46. The van der Waals surface area contributed by atoms with Crippen molar-refractivity contribution in [3.8, 4) is 11.8 Å². The molecule has 1 aliphatic heterocycles. The lowest BCUT2D eigenvalue weighted by molar-refractivity contribution is -0.124. The summed E-state index contributed by atoms with van der Waals surface area (Å²) in [7, 11) is 0. The van der Waals surface area contributed by atoms with E-state index < -0.39 is 0 Å². The molecule has 106 valence electrons. The average molecular weight is 294 g/mol. The van der Waals surface area contributed by atoms with Gasteiger partial charge in [-0.2, -0.15) is 0 Å². The lowest BCUT2D eigenvalue weighted by Gasteiger charge is -2.12. The number of rotatable bonds is 3. The summed E-state index contributed by atoms with van der Waals surface area (Å²) >= 11 is 5.94. The standard InChI is InChI=1S/C15H16ClNO3/c16-12-6-7-13(11(10-12)4-1-2-8-18)17-15(19)14-5-3-9-20-14/h6-7,10,14,18H,2-3,5,8-9H2,(H,17,19). The van der Waals surface area contributed by atoms with E-state index >= 15 is 0 Å². The molecular formula is C15H16ClNO3. The fraction of sp³-hybridized carbons (Fsp3) is 0.400. The van der Waals surface area contributed by atoms with Crippen molar-refractivity contribution < 1.29 is 14.6 Å². The first-order chi connectivity index (χ1) is 9.70. The van der Waals surface area contributed by atoms with Crippen molar-refractivity contribution >= 4 is 23.2 Å². The minimum absolute atomic E-state index is 0.00513. The predicted molar refractivity (Wildman–Crippen MR) is 77.6 cm³/mol. The number of hydrogen-bond donors (Lipinski definition) is 2. The smallest absolute Gasteiger partial charge is 0.253 e. The van der Waals surface area contributed by atoms with Crippen LogP contribution in [0.2, 0.25) is 5.02 Å². The summed E-state index contributed by atoms with van der Waals surface area (Å²) in [5.74, 6) is 5.56. The van der Waals surface area contributed by atoms with Crippen LogP contribution < -0.4 is 5.32 Å². The van der Waals surface area contributed by atoms with Gasteiger partial charge >= 0.3 is 0 Å². The number of hydrogen-bond acceptors (Lipinski definition) is 3. The van der Waals surface area contributed by atoms with Gasteiger partial charge in [0.2, 0.25) is 0 Å². The monoisotopic (exact) mass is 293 g/mol. The summed E-state index contributed by atoms with van der Waals surface area (Å²) in [4.78, 5) is 12.0. The van der Waals surface area contributed by atoms with Crippen molar-refractivity contribution in [2.24, 2.45) is 0 Å². The van der Waals surface area contributed by atoms with E-state index in [4.69, 9.17) is 21.4 Å². The summed E-state index contributed by atoms with van der Waals surface area (Å²) in [5.41, 5.74) is 1.25. The number of aliphatic hydroxyl groups is 1. The highest BCUT2D eigenvalue weighted by atomic mass is 35.5. The molecule has 0 radical (unpaired) electrons. The maximum Gasteiger partial charge on any atom is 0.253 e. The van der Waals surface area contributed by atoms with Gasteiger partial charge in [-0.15, -0.1) is 0 Å². The highest BCUT2D eigenvalue weighted by molar-refractivity contribution is 6.30. The largest absolute Gasteiger partial charge is 0.395 e. The van der Waals surface area contributed by atoms with E-state index in [1.165, 1.54) is 0 Å². The van der Waals surface area contributed by atoms with Crippen molar-refractivity contribution in [2.45, 2.75) is 25.4 Å². The Morgan fingerprint density at radius 3 is 3.10 bits per heavy atom. The zero-order valence-electron chi connectivity index (χ0n) is 11.0. The van der Waals surface area contributed by atoms with E-state index in [-0.39, 0.29) is 18.6 Å². The summed E-state index contributed by atoms with van der Waals surface area (Å²) < 4.78 is 5.34. The Morgan fingerprint density at radius 2 is 2.40 bits per heavy atom. The third-order valence-corrected chi connectivity index (χ3v) is 3.16. The fourth-order valence-electron chi connectivity index (χ4n) is 1.94. The third-order valence-electron chi connectivity index (χ3n) is 2.92. The summed E-state index contributed by atoms with van der Waals surface area (Å²) in [6.07, 6.45) is 1.64. The fourth-order valence-corrected chi connectivity index (χ4v) is 2.11. The van der Waals surface area contributed by atoms with Crippen molar-refractivity contribution in [1.82, 2.24) is 0 Å². The highest BCUT2D eigenvalue weighted by Crippen LogP contribution is 2.21. The number of aliphatic hydroxyl groups excluding tert-OH is 1. The lowest BCUT2D eigenvalue weighted by atomic mass is 10.1. The van der Waals surface area contributed by atoms with Crippen LogP contribution in [0.3, 0.4) is 0 Å². The highest BCUT2D eigenvalue weighted by Gasteiger charge is 2.23. The number of amides is 1. The number of ether oxygens (including phenoxy) is 1. The van der Waals surface area contributed by atoms with Crippen molar-refractivity contribution in [1.29, 1.82) is 0 Å². The minimum Gasteiger partial charge on any atom is -0.395 e. The molecule has 1 unspecified atom stereocenters. The number of carbonyl (C=O) groups excluding carboxylic acids is 1. The Morgan fingerprint density at radius 1 is 1.55 bits per heavy atom. The molecule has 1 amide bonds. The van der Waals surface area contributed by atoms with Gasteiger partial charge in [0.1, 0.15) is 6.10 Å². The van der Waals surface area contributed by atoms with Gasteiger partial charge in [-0.3, -0.25) is 4.79 Å². The Balaban J connectivity index is 2.14. The normalized spacial score (nSPS) is 17.4. The van der Waals surface area contributed by atoms with Crippen LogP contribution in [0.5, 0.6) is 0 Å². The molecular weight excluding hydrogens is 278 g/mol. The molecule has 1 heterocycles. The zero-order chi connectivity index (χ0) is 14.4. The van der Waals surface area contributed by atoms with Crippen LogP contribution in [-0.2, 0) is 9.53 Å². The molecule has 1 atom stereocenters. The van der Waals surface area contributed by atoms with Gasteiger partial charge < -0.3 is 15.2 Å². The molecule has 1 aromatic rings. The average Bonchev–Trinajstić information content (AvgIpc) is 2.96. The molecule has 1 aliphatic rings. The molecule has 0 saturated carbocycles. The van der Waals surface area contributed by atoms with Crippen molar-refractivity contribution in [3.63, 3.8) is 0 Å². The topological polar surface area (TPSA) is 58.6 Å². The number of nitrogens with one attached hydrogen (secondary N) is 1. The van der Waals surface area contributed by atoms with Crippen molar-refractivity contribution in [3.05, 3.63) is 28.8 Å². The van der Waals surface area contributed by atoms with Gasteiger partial charge in [0, 0.05) is 23.6 Å². The first-order valence-electron chi connectivity index (χ1n) is 6.52. The van der Waals surface area contributed by atoms with E-state index in [1.54, 1.807) is 18.2 Å². The SMILES string of the molecule is O=C(Nc1ccc(Cl)cc1C#CCCO)C1CCCO1. The molecule has 0 spiro atoms.